The number of nitrogens with zero attached hydrogens (tertiary/aromatic N) is 1. The summed E-state index contributed by atoms with van der Waals surface area (Å²) < 4.78 is 0. The van der Waals surface area contributed by atoms with Gasteiger partial charge in [-0.1, -0.05) is 41.4 Å². The molecule has 0 aliphatic carbocycles. The first kappa shape index (κ1) is 23.8. The molecule has 1 saturated heterocycles. The van der Waals surface area contributed by atoms with Crippen LogP contribution in [0.15, 0.2) is 42.5 Å². The third-order valence-electron chi connectivity index (χ3n) is 6.35. The van der Waals surface area contributed by atoms with E-state index in [0.717, 1.165) is 31.0 Å². The number of halogens is 2. The van der Waals surface area contributed by atoms with Crippen molar-refractivity contribution < 1.29 is 19.6 Å². The summed E-state index contributed by atoms with van der Waals surface area (Å²) in [6.45, 7) is 3.70. The molecule has 2 aliphatic rings. The Labute approximate surface area is 203 Å². The minimum absolute atomic E-state index is 0.212. The van der Waals surface area contributed by atoms with Gasteiger partial charge in [0.15, 0.2) is 0 Å². The number of urea groups is 1. The van der Waals surface area contributed by atoms with E-state index in [1.165, 1.54) is 37.8 Å². The largest absolute Gasteiger partial charge is 0.359 e. The van der Waals surface area contributed by atoms with E-state index in [1.807, 2.05) is 0 Å². The van der Waals surface area contributed by atoms with Gasteiger partial charge in [-0.25, -0.2) is 4.79 Å². The summed E-state index contributed by atoms with van der Waals surface area (Å²) in [5.74, 6) is -0.665. The Balaban J connectivity index is 1.56. The maximum atomic E-state index is 13.4. The van der Waals surface area contributed by atoms with Crippen LogP contribution in [0, 0.1) is 0 Å². The van der Waals surface area contributed by atoms with Gasteiger partial charge in [0.25, 0.3) is 11.6 Å². The van der Waals surface area contributed by atoms with Crippen molar-refractivity contribution in [1.82, 2.24) is 5.32 Å². The van der Waals surface area contributed by atoms with Gasteiger partial charge in [0.05, 0.1) is 41.1 Å². The molecule has 1 unspecified atom stereocenters. The fraction of sp³-hybridized carbons (Fsp3) is 0.417. The van der Waals surface area contributed by atoms with Crippen LogP contribution in [0.3, 0.4) is 0 Å². The number of benzene rings is 2. The van der Waals surface area contributed by atoms with E-state index >= 15 is 0 Å². The average molecular weight is 492 g/mol. The van der Waals surface area contributed by atoms with Gasteiger partial charge in [0, 0.05) is 18.5 Å². The molecule has 9 heteroatoms. The molecular formula is C24H29Cl2N4O3+. The fourth-order valence-electron chi connectivity index (χ4n) is 4.63. The van der Waals surface area contributed by atoms with Gasteiger partial charge in [-0.2, -0.15) is 0 Å². The molecule has 4 rings (SSSR count). The lowest BCUT2D eigenvalue weighted by atomic mass is 9.94. The second-order valence-corrected chi connectivity index (χ2v) is 9.42. The Bertz CT molecular complexity index is 1030. The smallest absolute Gasteiger partial charge is 0.329 e. The lowest BCUT2D eigenvalue weighted by molar-refractivity contribution is -0.899. The van der Waals surface area contributed by atoms with E-state index in [2.05, 4.69) is 10.6 Å². The minimum atomic E-state index is -2.24. The summed E-state index contributed by atoms with van der Waals surface area (Å²) in [7, 11) is 0. The van der Waals surface area contributed by atoms with Gasteiger partial charge in [-0.15, -0.1) is 0 Å². The normalized spacial score (nSPS) is 21.2. The summed E-state index contributed by atoms with van der Waals surface area (Å²) in [4.78, 5) is 29.0. The second kappa shape index (κ2) is 10.3. The number of carbonyl (C=O) groups excluding carboxylic acids is 2. The predicted molar refractivity (Wildman–Crippen MR) is 130 cm³/mol. The number of quaternary nitrogens is 1. The average Bonchev–Trinajstić information content (AvgIpc) is 3.08. The number of anilines is 2. The number of hydrogen-bond donors (Lipinski definition) is 4. The first-order valence-corrected chi connectivity index (χ1v) is 12.2. The molecule has 2 heterocycles. The summed E-state index contributed by atoms with van der Waals surface area (Å²) in [5.41, 5.74) is -1.33. The Hall–Kier alpha value is -2.32. The zero-order valence-corrected chi connectivity index (χ0v) is 19.9. The van der Waals surface area contributed by atoms with Crippen molar-refractivity contribution in [1.29, 1.82) is 0 Å². The van der Waals surface area contributed by atoms with Crippen LogP contribution in [0.2, 0.25) is 10.0 Å². The molecule has 1 atom stereocenters. The van der Waals surface area contributed by atoms with Crippen LogP contribution in [-0.2, 0) is 10.5 Å². The summed E-state index contributed by atoms with van der Waals surface area (Å²) in [6.07, 6.45) is 5.86. The number of hydrogen-bond acceptors (Lipinski definition) is 3. The molecule has 0 spiro atoms. The van der Waals surface area contributed by atoms with Gasteiger partial charge in [-0.3, -0.25) is 9.69 Å². The highest BCUT2D eigenvalue weighted by atomic mass is 35.5. The monoisotopic (exact) mass is 491 g/mol. The van der Waals surface area contributed by atoms with Crippen molar-refractivity contribution in [2.24, 2.45) is 0 Å². The number of nitrogens with one attached hydrogen (secondary N) is 3. The summed E-state index contributed by atoms with van der Waals surface area (Å²) in [5, 5.41) is 17.9. The van der Waals surface area contributed by atoms with Crippen LogP contribution in [0.4, 0.5) is 16.2 Å². The highest BCUT2D eigenvalue weighted by Gasteiger charge is 2.51. The standard InChI is InChI=1S/C24H28Cl2N4O3/c25-19-11-10-17(16-20(19)26)30-23(32)28-21-9-4-3-8-18(21)24(30,33)22(31)27-12-7-15-29-13-5-1-2-6-14-29/h3-4,8-11,16,33H,1-2,5-7,12-15H2,(H,27,31)(H,28,32)/p+1. The van der Waals surface area contributed by atoms with Crippen LogP contribution in [0.5, 0.6) is 0 Å². The molecule has 2 aliphatic heterocycles. The van der Waals surface area contributed by atoms with Crippen LogP contribution < -0.4 is 20.4 Å². The predicted octanol–water partition coefficient (Wildman–Crippen LogP) is 3.16. The fourth-order valence-corrected chi connectivity index (χ4v) is 4.92. The van der Waals surface area contributed by atoms with Gasteiger partial charge in [-0.05, 0) is 49.9 Å². The van der Waals surface area contributed by atoms with Crippen molar-refractivity contribution in [3.63, 3.8) is 0 Å². The zero-order chi connectivity index (χ0) is 23.4. The Morgan fingerprint density at radius 2 is 1.82 bits per heavy atom. The topological polar surface area (TPSA) is 86.1 Å². The maximum absolute atomic E-state index is 13.4. The highest BCUT2D eigenvalue weighted by Crippen LogP contribution is 2.41. The number of para-hydroxylation sites is 1. The molecule has 0 aromatic heterocycles. The molecule has 1 fully saturated rings. The van der Waals surface area contributed by atoms with Crippen molar-refractivity contribution in [3.8, 4) is 0 Å². The lowest BCUT2D eigenvalue weighted by Crippen LogP contribution is -3.11. The van der Waals surface area contributed by atoms with Crippen molar-refractivity contribution in [2.75, 3.05) is 36.4 Å². The van der Waals surface area contributed by atoms with Crippen molar-refractivity contribution in [2.45, 2.75) is 37.8 Å². The Morgan fingerprint density at radius 1 is 1.09 bits per heavy atom. The zero-order valence-electron chi connectivity index (χ0n) is 18.4. The molecule has 0 bridgehead atoms. The van der Waals surface area contributed by atoms with Crippen LogP contribution >= 0.6 is 23.2 Å². The Kier molecular flexibility index (Phi) is 7.44. The van der Waals surface area contributed by atoms with Gasteiger partial charge in [0.2, 0.25) is 0 Å². The molecule has 4 N–H and O–H groups in total. The molecule has 33 heavy (non-hydrogen) atoms. The number of aliphatic hydroxyl groups is 1. The number of likely N-dealkylation sites (tertiary alicyclic amines) is 1. The summed E-state index contributed by atoms with van der Waals surface area (Å²) in [6, 6.07) is 10.6. The van der Waals surface area contributed by atoms with Gasteiger partial charge in [0.1, 0.15) is 0 Å². The van der Waals surface area contributed by atoms with E-state index in [4.69, 9.17) is 23.2 Å². The SMILES string of the molecule is O=C1Nc2ccccc2C(O)(C(=O)NCCC[NH+]2CCCCCC2)N1c1ccc(Cl)c(Cl)c1. The number of carbonyl (C=O) groups is 2. The third-order valence-corrected chi connectivity index (χ3v) is 7.09. The molecule has 176 valence electrons. The van der Waals surface area contributed by atoms with E-state index < -0.39 is 17.7 Å². The Morgan fingerprint density at radius 3 is 2.55 bits per heavy atom. The van der Waals surface area contributed by atoms with Crippen LogP contribution in [-0.4, -0.2) is 43.2 Å². The van der Waals surface area contributed by atoms with Crippen molar-refractivity contribution >= 4 is 46.5 Å². The first-order valence-electron chi connectivity index (χ1n) is 11.4. The van der Waals surface area contributed by atoms with E-state index in [0.29, 0.717) is 17.3 Å². The molecule has 7 nitrogen and oxygen atoms in total. The molecule has 0 saturated carbocycles. The van der Waals surface area contributed by atoms with E-state index in [9.17, 15) is 14.7 Å². The number of amides is 3. The van der Waals surface area contributed by atoms with E-state index in [1.54, 1.807) is 35.2 Å². The second-order valence-electron chi connectivity index (χ2n) is 8.61. The van der Waals surface area contributed by atoms with E-state index in [-0.39, 0.29) is 16.3 Å². The molecule has 2 aromatic carbocycles. The number of rotatable bonds is 6. The van der Waals surface area contributed by atoms with Crippen LogP contribution in [0.25, 0.3) is 0 Å². The maximum Gasteiger partial charge on any atom is 0.329 e. The van der Waals surface area contributed by atoms with Gasteiger partial charge < -0.3 is 20.6 Å². The highest BCUT2D eigenvalue weighted by molar-refractivity contribution is 6.42. The van der Waals surface area contributed by atoms with Gasteiger partial charge >= 0.3 is 6.03 Å². The quantitative estimate of drug-likeness (QED) is 0.468. The van der Waals surface area contributed by atoms with Crippen LogP contribution in [0.1, 0.15) is 37.7 Å². The minimum Gasteiger partial charge on any atom is -0.359 e. The van der Waals surface area contributed by atoms with Crippen molar-refractivity contribution in [3.05, 3.63) is 58.1 Å². The lowest BCUT2D eigenvalue weighted by Gasteiger charge is -2.42. The molecular weight excluding hydrogens is 463 g/mol. The summed E-state index contributed by atoms with van der Waals surface area (Å²) >= 11 is 12.2. The third kappa shape index (κ3) is 4.96. The molecule has 2 aromatic rings. The number of fused-ring (bicyclic) bond motifs is 1. The first-order chi connectivity index (χ1) is 15.9. The molecule has 0 radical (unpaired) electrons. The molecule has 3 amide bonds.